The molecule has 0 aliphatic heterocycles. The Morgan fingerprint density at radius 2 is 2.31 bits per heavy atom. The third kappa shape index (κ3) is 2.95. The molecule has 84 valence electrons. The van der Waals surface area contributed by atoms with Crippen molar-refractivity contribution in [3.8, 4) is 0 Å². The molecule has 0 spiro atoms. The van der Waals surface area contributed by atoms with E-state index in [0.29, 0.717) is 6.54 Å². The van der Waals surface area contributed by atoms with Crippen LogP contribution in [0.4, 0.5) is 0 Å². The van der Waals surface area contributed by atoms with E-state index in [1.54, 1.807) is 17.3 Å². The number of nitrogens with zero attached hydrogens (tertiary/aromatic N) is 2. The lowest BCUT2D eigenvalue weighted by molar-refractivity contribution is 0.943. The summed E-state index contributed by atoms with van der Waals surface area (Å²) in [5.41, 5.74) is 8.46. The van der Waals surface area contributed by atoms with Crippen molar-refractivity contribution >= 4 is 34.7 Å². The Hall–Kier alpha value is -0.620. The van der Waals surface area contributed by atoms with Crippen LogP contribution in [0.25, 0.3) is 0 Å². The summed E-state index contributed by atoms with van der Waals surface area (Å²) in [5, 5.41) is 8.55. The van der Waals surface area contributed by atoms with Gasteiger partial charge >= 0.3 is 0 Å². The van der Waals surface area contributed by atoms with Gasteiger partial charge in [-0.2, -0.15) is 0 Å². The standard InChI is InChI=1S/C10H10ClN3S2/c11-8-1-2-9(7(5-8)3-4-12)16-10-14-13-6-15-10/h1-2,5-6H,3-4,12H2. The summed E-state index contributed by atoms with van der Waals surface area (Å²) in [6, 6.07) is 5.84. The van der Waals surface area contributed by atoms with Gasteiger partial charge < -0.3 is 5.73 Å². The van der Waals surface area contributed by atoms with E-state index in [9.17, 15) is 0 Å². The maximum absolute atomic E-state index is 5.96. The van der Waals surface area contributed by atoms with Gasteiger partial charge in [-0.25, -0.2) is 0 Å². The first-order valence-electron chi connectivity index (χ1n) is 4.72. The summed E-state index contributed by atoms with van der Waals surface area (Å²) < 4.78 is 0.931. The van der Waals surface area contributed by atoms with Crippen molar-refractivity contribution < 1.29 is 0 Å². The highest BCUT2D eigenvalue weighted by atomic mass is 35.5. The first-order chi connectivity index (χ1) is 7.79. The molecule has 0 aliphatic rings. The molecular formula is C10H10ClN3S2. The molecule has 0 saturated heterocycles. The van der Waals surface area contributed by atoms with Crippen molar-refractivity contribution in [1.82, 2.24) is 10.2 Å². The molecule has 2 rings (SSSR count). The fourth-order valence-corrected chi connectivity index (χ4v) is 3.07. The van der Waals surface area contributed by atoms with Crippen LogP contribution in [0.5, 0.6) is 0 Å². The maximum Gasteiger partial charge on any atom is 0.178 e. The topological polar surface area (TPSA) is 51.8 Å². The zero-order valence-corrected chi connectivity index (χ0v) is 10.8. The Balaban J connectivity index is 2.25. The molecule has 0 radical (unpaired) electrons. The average Bonchev–Trinajstić information content (AvgIpc) is 2.75. The minimum atomic E-state index is 0.615. The highest BCUT2D eigenvalue weighted by Crippen LogP contribution is 2.32. The molecule has 2 N–H and O–H groups in total. The van der Waals surface area contributed by atoms with E-state index < -0.39 is 0 Å². The number of aromatic nitrogens is 2. The van der Waals surface area contributed by atoms with Crippen LogP contribution in [0.1, 0.15) is 5.56 Å². The summed E-state index contributed by atoms with van der Waals surface area (Å²) in [7, 11) is 0. The lowest BCUT2D eigenvalue weighted by Gasteiger charge is -2.06. The van der Waals surface area contributed by atoms with Gasteiger partial charge in [-0.05, 0) is 36.7 Å². The summed E-state index contributed by atoms with van der Waals surface area (Å²) >= 11 is 9.08. The number of hydrogen-bond acceptors (Lipinski definition) is 5. The van der Waals surface area contributed by atoms with Gasteiger partial charge in [0, 0.05) is 9.92 Å². The van der Waals surface area contributed by atoms with Crippen molar-refractivity contribution in [2.45, 2.75) is 15.7 Å². The van der Waals surface area contributed by atoms with Gasteiger partial charge in [-0.15, -0.1) is 10.2 Å². The van der Waals surface area contributed by atoms with Crippen LogP contribution in [0.15, 0.2) is 32.9 Å². The first-order valence-corrected chi connectivity index (χ1v) is 6.79. The molecule has 1 heterocycles. The van der Waals surface area contributed by atoms with E-state index >= 15 is 0 Å². The van der Waals surface area contributed by atoms with E-state index in [2.05, 4.69) is 10.2 Å². The first kappa shape index (κ1) is 11.9. The van der Waals surface area contributed by atoms with Crippen molar-refractivity contribution in [3.05, 3.63) is 34.3 Å². The molecule has 2 aromatic rings. The zero-order chi connectivity index (χ0) is 11.4. The summed E-state index contributed by atoms with van der Waals surface area (Å²) in [6.45, 7) is 0.615. The van der Waals surface area contributed by atoms with E-state index in [1.165, 1.54) is 11.3 Å². The second-order valence-electron chi connectivity index (χ2n) is 3.10. The number of hydrogen-bond donors (Lipinski definition) is 1. The van der Waals surface area contributed by atoms with E-state index in [0.717, 1.165) is 26.2 Å². The second-order valence-corrected chi connectivity index (χ2v) is 5.66. The summed E-state index contributed by atoms with van der Waals surface area (Å²) in [4.78, 5) is 1.15. The molecule has 16 heavy (non-hydrogen) atoms. The van der Waals surface area contributed by atoms with Crippen molar-refractivity contribution in [2.24, 2.45) is 5.73 Å². The van der Waals surface area contributed by atoms with Crippen LogP contribution in [-0.2, 0) is 6.42 Å². The van der Waals surface area contributed by atoms with Crippen LogP contribution in [-0.4, -0.2) is 16.7 Å². The van der Waals surface area contributed by atoms with Crippen LogP contribution in [0.3, 0.4) is 0 Å². The Bertz CT molecular complexity index is 459. The molecule has 0 aliphatic carbocycles. The Labute approximate surface area is 107 Å². The quantitative estimate of drug-likeness (QED) is 0.929. The molecule has 0 bridgehead atoms. The van der Waals surface area contributed by atoms with E-state index in [4.69, 9.17) is 17.3 Å². The zero-order valence-electron chi connectivity index (χ0n) is 8.39. The van der Waals surface area contributed by atoms with Gasteiger partial charge in [0.2, 0.25) is 0 Å². The molecule has 3 nitrogen and oxygen atoms in total. The number of nitrogens with two attached hydrogens (primary N) is 1. The van der Waals surface area contributed by atoms with Gasteiger partial charge in [0.25, 0.3) is 0 Å². The molecular weight excluding hydrogens is 262 g/mol. The second kappa shape index (κ2) is 5.63. The van der Waals surface area contributed by atoms with E-state index in [-0.39, 0.29) is 0 Å². The molecule has 0 atom stereocenters. The predicted octanol–water partition coefficient (Wildman–Crippen LogP) is 2.84. The largest absolute Gasteiger partial charge is 0.330 e. The highest BCUT2D eigenvalue weighted by molar-refractivity contribution is 8.01. The molecule has 1 aromatic heterocycles. The molecule has 0 amide bonds. The average molecular weight is 272 g/mol. The van der Waals surface area contributed by atoms with Crippen LogP contribution in [0, 0.1) is 0 Å². The van der Waals surface area contributed by atoms with Gasteiger partial charge in [0.1, 0.15) is 5.51 Å². The summed E-state index contributed by atoms with van der Waals surface area (Å²) in [6.07, 6.45) is 0.821. The molecule has 1 aromatic carbocycles. The van der Waals surface area contributed by atoms with Crippen LogP contribution >= 0.6 is 34.7 Å². The number of halogens is 1. The van der Waals surface area contributed by atoms with Crippen molar-refractivity contribution in [2.75, 3.05) is 6.54 Å². The lowest BCUT2D eigenvalue weighted by Crippen LogP contribution is -2.03. The van der Waals surface area contributed by atoms with Gasteiger partial charge in [-0.1, -0.05) is 34.7 Å². The third-order valence-corrected chi connectivity index (χ3v) is 4.10. The molecule has 0 fully saturated rings. The minimum Gasteiger partial charge on any atom is -0.330 e. The fraction of sp³-hybridized carbons (Fsp3) is 0.200. The number of rotatable bonds is 4. The predicted molar refractivity (Wildman–Crippen MR) is 68.2 cm³/mol. The Kier molecular flexibility index (Phi) is 4.17. The Morgan fingerprint density at radius 3 is 3.00 bits per heavy atom. The number of benzene rings is 1. The molecule has 0 saturated carbocycles. The Morgan fingerprint density at radius 1 is 1.44 bits per heavy atom. The van der Waals surface area contributed by atoms with Crippen LogP contribution < -0.4 is 5.73 Å². The van der Waals surface area contributed by atoms with Crippen molar-refractivity contribution in [3.63, 3.8) is 0 Å². The molecule has 6 heteroatoms. The smallest absolute Gasteiger partial charge is 0.178 e. The highest BCUT2D eigenvalue weighted by Gasteiger charge is 2.07. The van der Waals surface area contributed by atoms with Gasteiger partial charge in [0.15, 0.2) is 4.34 Å². The van der Waals surface area contributed by atoms with Crippen LogP contribution in [0.2, 0.25) is 5.02 Å². The minimum absolute atomic E-state index is 0.615. The maximum atomic E-state index is 5.96. The van der Waals surface area contributed by atoms with Gasteiger partial charge in [0.05, 0.1) is 0 Å². The lowest BCUT2D eigenvalue weighted by atomic mass is 10.1. The van der Waals surface area contributed by atoms with E-state index in [1.807, 2.05) is 18.2 Å². The third-order valence-electron chi connectivity index (χ3n) is 1.97. The monoisotopic (exact) mass is 271 g/mol. The molecule has 0 unspecified atom stereocenters. The SMILES string of the molecule is NCCc1cc(Cl)ccc1Sc1nncs1. The normalized spacial score (nSPS) is 10.6. The van der Waals surface area contributed by atoms with Crippen molar-refractivity contribution in [1.29, 1.82) is 0 Å². The fourth-order valence-electron chi connectivity index (χ4n) is 1.30. The van der Waals surface area contributed by atoms with Gasteiger partial charge in [-0.3, -0.25) is 0 Å². The summed E-state index contributed by atoms with van der Waals surface area (Å²) in [5.74, 6) is 0.